The minimum absolute atomic E-state index is 0.433. The van der Waals surface area contributed by atoms with Crippen molar-refractivity contribution in [2.24, 2.45) is 5.92 Å². The molecule has 3 aromatic rings. The van der Waals surface area contributed by atoms with Gasteiger partial charge in [-0.2, -0.15) is 10.5 Å². The molecule has 3 rings (SSSR count). The number of hydrogen-bond donors (Lipinski definition) is 0. The summed E-state index contributed by atoms with van der Waals surface area (Å²) in [5, 5.41) is 19.9. The first-order valence-corrected chi connectivity index (χ1v) is 14.6. The molecule has 0 spiro atoms. The standard InChI is InChI=1S/C33H32Br2N2O2/c1-4-6-7-23(5-2)22-39-33-19-26(16-28(20-36)24-8-12-30(34)13-9-24)32(38-3)18-27(33)17-29(21-37)25-10-14-31(35)15-11-25/h8-19,23H,4-7,22H2,1-3H3/b28-16+,29-17+. The number of rotatable bonds is 12. The molecule has 0 aliphatic heterocycles. The van der Waals surface area contributed by atoms with Gasteiger partial charge < -0.3 is 9.47 Å². The summed E-state index contributed by atoms with van der Waals surface area (Å²) in [6.45, 7) is 4.96. The molecule has 0 heterocycles. The molecule has 0 saturated carbocycles. The predicted molar refractivity (Wildman–Crippen MR) is 167 cm³/mol. The van der Waals surface area contributed by atoms with Crippen LogP contribution in [0.4, 0.5) is 0 Å². The van der Waals surface area contributed by atoms with E-state index in [0.29, 0.717) is 35.2 Å². The number of hydrogen-bond acceptors (Lipinski definition) is 4. The molecule has 0 radical (unpaired) electrons. The summed E-state index contributed by atoms with van der Waals surface area (Å²) in [5.41, 5.74) is 4.12. The zero-order valence-electron chi connectivity index (χ0n) is 22.5. The van der Waals surface area contributed by atoms with Gasteiger partial charge in [-0.15, -0.1) is 0 Å². The first kappa shape index (κ1) is 30.2. The number of allylic oxidation sites excluding steroid dienone is 2. The van der Waals surface area contributed by atoms with Crippen molar-refractivity contribution in [3.8, 4) is 23.6 Å². The number of nitrogens with zero attached hydrogens (tertiary/aromatic N) is 2. The minimum Gasteiger partial charge on any atom is -0.496 e. The summed E-state index contributed by atoms with van der Waals surface area (Å²) in [7, 11) is 1.60. The molecule has 200 valence electrons. The van der Waals surface area contributed by atoms with Gasteiger partial charge in [-0.1, -0.05) is 89.2 Å². The highest BCUT2D eigenvalue weighted by atomic mass is 79.9. The highest BCUT2D eigenvalue weighted by Gasteiger charge is 2.15. The Kier molecular flexibility index (Phi) is 11.9. The lowest BCUT2D eigenvalue weighted by atomic mass is 9.99. The second-order valence-electron chi connectivity index (χ2n) is 9.21. The number of nitriles is 2. The van der Waals surface area contributed by atoms with Crippen LogP contribution in [0.15, 0.2) is 69.6 Å². The van der Waals surface area contributed by atoms with E-state index in [-0.39, 0.29) is 0 Å². The van der Waals surface area contributed by atoms with Crippen LogP contribution in [-0.2, 0) is 0 Å². The molecule has 4 nitrogen and oxygen atoms in total. The van der Waals surface area contributed by atoms with Crippen LogP contribution in [0.3, 0.4) is 0 Å². The van der Waals surface area contributed by atoms with E-state index in [1.54, 1.807) is 7.11 Å². The van der Waals surface area contributed by atoms with Gasteiger partial charge in [0.2, 0.25) is 0 Å². The van der Waals surface area contributed by atoms with Gasteiger partial charge in [0.1, 0.15) is 11.5 Å². The number of unbranched alkanes of at least 4 members (excludes halogenated alkanes) is 1. The van der Waals surface area contributed by atoms with E-state index < -0.39 is 0 Å². The summed E-state index contributed by atoms with van der Waals surface area (Å²) in [5.74, 6) is 1.67. The Hall–Kier alpha value is -3.32. The molecule has 3 aromatic carbocycles. The maximum Gasteiger partial charge on any atom is 0.127 e. The maximum absolute atomic E-state index is 9.98. The fourth-order valence-electron chi connectivity index (χ4n) is 4.15. The summed E-state index contributed by atoms with van der Waals surface area (Å²) in [6.07, 6.45) is 8.09. The van der Waals surface area contributed by atoms with Gasteiger partial charge in [0, 0.05) is 20.1 Å². The van der Waals surface area contributed by atoms with Crippen LogP contribution in [-0.4, -0.2) is 13.7 Å². The Balaban J connectivity index is 2.12. The molecule has 0 amide bonds. The van der Waals surface area contributed by atoms with Gasteiger partial charge in [-0.05, 0) is 72.0 Å². The number of halogens is 2. The third-order valence-electron chi connectivity index (χ3n) is 6.53. The number of ether oxygens (including phenoxy) is 2. The lowest BCUT2D eigenvalue weighted by Crippen LogP contribution is -2.12. The topological polar surface area (TPSA) is 66.0 Å². The maximum atomic E-state index is 9.98. The van der Waals surface area contributed by atoms with Gasteiger partial charge in [0.15, 0.2) is 0 Å². The van der Waals surface area contributed by atoms with E-state index in [1.807, 2.05) is 72.8 Å². The molecular formula is C33H32Br2N2O2. The van der Waals surface area contributed by atoms with Crippen molar-refractivity contribution in [2.45, 2.75) is 39.5 Å². The normalized spacial score (nSPS) is 12.4. The highest BCUT2D eigenvalue weighted by Crippen LogP contribution is 2.35. The second kappa shape index (κ2) is 15.3. The quantitative estimate of drug-likeness (QED) is 0.145. The van der Waals surface area contributed by atoms with Crippen LogP contribution < -0.4 is 9.47 Å². The average Bonchev–Trinajstić information content (AvgIpc) is 2.96. The molecule has 0 aliphatic rings. The molecule has 0 bridgehead atoms. The molecule has 0 aliphatic carbocycles. The van der Waals surface area contributed by atoms with Crippen molar-refractivity contribution in [1.82, 2.24) is 0 Å². The van der Waals surface area contributed by atoms with Gasteiger partial charge in [-0.3, -0.25) is 0 Å². The predicted octanol–water partition coefficient (Wildman–Crippen LogP) is 9.94. The lowest BCUT2D eigenvalue weighted by molar-refractivity contribution is 0.232. The van der Waals surface area contributed by atoms with Gasteiger partial charge in [-0.25, -0.2) is 0 Å². The summed E-state index contributed by atoms with van der Waals surface area (Å²) < 4.78 is 14.1. The molecule has 0 saturated heterocycles. The van der Waals surface area contributed by atoms with Gasteiger partial charge in [0.05, 0.1) is 37.0 Å². The third kappa shape index (κ3) is 8.59. The van der Waals surface area contributed by atoms with E-state index in [4.69, 9.17) is 9.47 Å². The largest absolute Gasteiger partial charge is 0.496 e. The summed E-state index contributed by atoms with van der Waals surface area (Å²) >= 11 is 6.91. The second-order valence-corrected chi connectivity index (χ2v) is 11.0. The zero-order chi connectivity index (χ0) is 28.2. The fourth-order valence-corrected chi connectivity index (χ4v) is 4.68. The van der Waals surface area contributed by atoms with Crippen molar-refractivity contribution in [2.75, 3.05) is 13.7 Å². The smallest absolute Gasteiger partial charge is 0.127 e. The number of benzene rings is 3. The van der Waals surface area contributed by atoms with Crippen LogP contribution in [0.5, 0.6) is 11.5 Å². The molecule has 39 heavy (non-hydrogen) atoms. The summed E-state index contributed by atoms with van der Waals surface area (Å²) in [6, 6.07) is 23.7. The van der Waals surface area contributed by atoms with Crippen LogP contribution in [0.2, 0.25) is 0 Å². The Labute approximate surface area is 248 Å². The van der Waals surface area contributed by atoms with Crippen molar-refractivity contribution in [3.05, 3.63) is 91.9 Å². The van der Waals surface area contributed by atoms with Crippen molar-refractivity contribution in [1.29, 1.82) is 10.5 Å². The Morgan fingerprint density at radius 2 is 1.31 bits per heavy atom. The van der Waals surface area contributed by atoms with Crippen LogP contribution >= 0.6 is 31.9 Å². The van der Waals surface area contributed by atoms with Crippen LogP contribution in [0, 0.1) is 28.6 Å². The SMILES string of the molecule is CCCCC(CC)COc1cc(/C=C(\C#N)c2ccc(Br)cc2)c(OC)cc1/C=C(\C#N)c1ccc(Br)cc1. The molecule has 6 heteroatoms. The lowest BCUT2D eigenvalue weighted by Gasteiger charge is -2.19. The fraction of sp³-hybridized carbons (Fsp3) is 0.273. The Bertz CT molecular complexity index is 1400. The van der Waals surface area contributed by atoms with Gasteiger partial charge in [0.25, 0.3) is 0 Å². The minimum atomic E-state index is 0.433. The molecular weight excluding hydrogens is 616 g/mol. The molecule has 0 fully saturated rings. The Morgan fingerprint density at radius 1 is 0.821 bits per heavy atom. The first-order valence-electron chi connectivity index (χ1n) is 13.0. The van der Waals surface area contributed by atoms with Crippen molar-refractivity contribution in [3.63, 3.8) is 0 Å². The van der Waals surface area contributed by atoms with E-state index >= 15 is 0 Å². The molecule has 0 N–H and O–H groups in total. The molecule has 1 unspecified atom stereocenters. The van der Waals surface area contributed by atoms with Crippen LogP contribution in [0.1, 0.15) is 61.8 Å². The third-order valence-corrected chi connectivity index (χ3v) is 7.59. The van der Waals surface area contributed by atoms with E-state index in [2.05, 4.69) is 57.8 Å². The summed E-state index contributed by atoms with van der Waals surface area (Å²) in [4.78, 5) is 0. The van der Waals surface area contributed by atoms with Crippen molar-refractivity contribution < 1.29 is 9.47 Å². The van der Waals surface area contributed by atoms with Crippen LogP contribution in [0.25, 0.3) is 23.3 Å². The highest BCUT2D eigenvalue weighted by molar-refractivity contribution is 9.10. The molecule has 0 aromatic heterocycles. The monoisotopic (exact) mass is 646 g/mol. The van der Waals surface area contributed by atoms with E-state index in [1.165, 1.54) is 0 Å². The molecule has 1 atom stereocenters. The number of methoxy groups -OCH3 is 1. The average molecular weight is 648 g/mol. The van der Waals surface area contributed by atoms with Gasteiger partial charge >= 0.3 is 0 Å². The van der Waals surface area contributed by atoms with Crippen molar-refractivity contribution >= 4 is 55.2 Å². The van der Waals surface area contributed by atoms with E-state index in [9.17, 15) is 10.5 Å². The zero-order valence-corrected chi connectivity index (χ0v) is 25.7. The first-order chi connectivity index (χ1) is 18.9. The Morgan fingerprint density at radius 3 is 1.74 bits per heavy atom. The van der Waals surface area contributed by atoms with E-state index in [0.717, 1.165) is 56.9 Å².